The predicted octanol–water partition coefficient (Wildman–Crippen LogP) is 11.1. The van der Waals surface area contributed by atoms with Crippen LogP contribution in [-0.2, 0) is 32.7 Å². The van der Waals surface area contributed by atoms with Crippen molar-refractivity contribution in [3.05, 3.63) is 60.8 Å². The number of carbonyl (C=O) groups is 2. The maximum absolute atomic E-state index is 12.6. The van der Waals surface area contributed by atoms with Crippen LogP contribution in [0.5, 0.6) is 0 Å². The van der Waals surface area contributed by atoms with Crippen LogP contribution in [0.3, 0.4) is 0 Å². The number of hydrogen-bond donors (Lipinski definition) is 4. The van der Waals surface area contributed by atoms with Gasteiger partial charge < -0.3 is 29.7 Å². The fourth-order valence-electron chi connectivity index (χ4n) is 5.91. The molecule has 3 unspecified atom stereocenters. The Morgan fingerprint density at radius 2 is 1.19 bits per heavy atom. The van der Waals surface area contributed by atoms with Crippen molar-refractivity contribution in [2.24, 2.45) is 5.92 Å². The van der Waals surface area contributed by atoms with Crippen LogP contribution in [0.4, 0.5) is 0 Å². The van der Waals surface area contributed by atoms with Crippen molar-refractivity contribution in [2.45, 2.75) is 193 Å². The van der Waals surface area contributed by atoms with Crippen molar-refractivity contribution in [2.75, 3.05) is 26.4 Å². The SMILES string of the molecule is CC/C=C\C(O)C/C=C/C=C\C/C=C\C/C=C\CCCC(=O)OC[C@H](COP(=O)(O)OC[C@@H](O)CO)OC(=O)CCCCCCCCCCCCCCCCC(C)CC. The molecule has 12 heteroatoms. The van der Waals surface area contributed by atoms with Crippen LogP contribution in [-0.4, -0.2) is 76.9 Å². The van der Waals surface area contributed by atoms with E-state index in [-0.39, 0.29) is 19.4 Å². The van der Waals surface area contributed by atoms with Gasteiger partial charge in [-0.15, -0.1) is 0 Å². The van der Waals surface area contributed by atoms with E-state index in [0.29, 0.717) is 25.7 Å². The minimum absolute atomic E-state index is 0.144. The van der Waals surface area contributed by atoms with Gasteiger partial charge in [-0.25, -0.2) is 4.57 Å². The van der Waals surface area contributed by atoms with Gasteiger partial charge in [-0.05, 0) is 50.9 Å². The first-order chi connectivity index (χ1) is 28.5. The van der Waals surface area contributed by atoms with Gasteiger partial charge >= 0.3 is 19.8 Å². The summed E-state index contributed by atoms with van der Waals surface area (Å²) in [6.45, 7) is 4.44. The number of allylic oxidation sites excluding steroid dienone is 8. The van der Waals surface area contributed by atoms with Crippen molar-refractivity contribution < 1.29 is 52.9 Å². The first-order valence-electron chi connectivity index (χ1n) is 22.7. The molecular weight excluding hydrogens is 771 g/mol. The van der Waals surface area contributed by atoms with E-state index in [1.807, 2.05) is 55.5 Å². The molecular formula is C47H83O11P. The van der Waals surface area contributed by atoms with Gasteiger partial charge in [-0.2, -0.15) is 0 Å². The third-order valence-corrected chi connectivity index (χ3v) is 10.8. The molecule has 0 saturated heterocycles. The lowest BCUT2D eigenvalue weighted by molar-refractivity contribution is -0.161. The molecule has 0 rings (SSSR count). The highest BCUT2D eigenvalue weighted by Crippen LogP contribution is 2.43. The third-order valence-electron chi connectivity index (χ3n) is 9.80. The number of carbonyl (C=O) groups excluding carboxylic acids is 2. The molecule has 0 spiro atoms. The minimum atomic E-state index is -4.64. The number of phosphoric ester groups is 1. The van der Waals surface area contributed by atoms with Gasteiger partial charge in [-0.3, -0.25) is 18.6 Å². The van der Waals surface area contributed by atoms with Crippen molar-refractivity contribution in [3.63, 3.8) is 0 Å². The molecule has 0 aromatic heterocycles. The number of esters is 2. The Hall–Kier alpha value is -2.37. The van der Waals surface area contributed by atoms with E-state index in [1.165, 1.54) is 77.0 Å². The van der Waals surface area contributed by atoms with Crippen LogP contribution in [0, 0.1) is 5.92 Å². The number of hydrogen-bond acceptors (Lipinski definition) is 10. The second-order valence-corrected chi connectivity index (χ2v) is 16.9. The highest BCUT2D eigenvalue weighted by molar-refractivity contribution is 7.47. The van der Waals surface area contributed by atoms with Gasteiger partial charge in [0.05, 0.1) is 25.9 Å². The number of aliphatic hydroxyl groups is 3. The van der Waals surface area contributed by atoms with Crippen LogP contribution in [0.2, 0.25) is 0 Å². The zero-order chi connectivity index (χ0) is 43.7. The summed E-state index contributed by atoms with van der Waals surface area (Å²) in [6, 6.07) is 0. The summed E-state index contributed by atoms with van der Waals surface area (Å²) in [5, 5.41) is 28.1. The molecule has 0 bridgehead atoms. The Labute approximate surface area is 358 Å². The van der Waals surface area contributed by atoms with Gasteiger partial charge in [-0.1, -0.05) is 178 Å². The fourth-order valence-corrected chi connectivity index (χ4v) is 6.70. The third kappa shape index (κ3) is 40.8. The highest BCUT2D eigenvalue weighted by atomic mass is 31.2. The van der Waals surface area contributed by atoms with Crippen LogP contribution in [0.25, 0.3) is 0 Å². The Bertz CT molecular complexity index is 1200. The van der Waals surface area contributed by atoms with E-state index in [1.54, 1.807) is 0 Å². The quantitative estimate of drug-likeness (QED) is 0.0152. The summed E-state index contributed by atoms with van der Waals surface area (Å²) in [4.78, 5) is 35.0. The van der Waals surface area contributed by atoms with Gasteiger partial charge in [0.15, 0.2) is 6.10 Å². The molecule has 0 saturated carbocycles. The average Bonchev–Trinajstić information content (AvgIpc) is 3.22. The molecule has 0 heterocycles. The Morgan fingerprint density at radius 1 is 0.644 bits per heavy atom. The van der Waals surface area contributed by atoms with Gasteiger partial charge in [0.25, 0.3) is 0 Å². The second-order valence-electron chi connectivity index (χ2n) is 15.5. The summed E-state index contributed by atoms with van der Waals surface area (Å²) in [6.07, 6.45) is 41.0. The molecule has 0 aromatic rings. The van der Waals surface area contributed by atoms with Gasteiger partial charge in [0.2, 0.25) is 0 Å². The topological polar surface area (TPSA) is 169 Å². The van der Waals surface area contributed by atoms with E-state index in [2.05, 4.69) is 30.5 Å². The molecule has 342 valence electrons. The number of aliphatic hydroxyl groups excluding tert-OH is 3. The van der Waals surface area contributed by atoms with E-state index < -0.39 is 57.9 Å². The summed E-state index contributed by atoms with van der Waals surface area (Å²) >= 11 is 0. The first kappa shape index (κ1) is 56.6. The zero-order valence-corrected chi connectivity index (χ0v) is 37.9. The molecule has 0 aliphatic heterocycles. The summed E-state index contributed by atoms with van der Waals surface area (Å²) in [5.41, 5.74) is 0. The summed E-state index contributed by atoms with van der Waals surface area (Å²) in [7, 11) is -4.64. The van der Waals surface area contributed by atoms with Crippen molar-refractivity contribution in [1.82, 2.24) is 0 Å². The largest absolute Gasteiger partial charge is 0.472 e. The number of phosphoric acid groups is 1. The number of ether oxygens (including phenoxy) is 2. The van der Waals surface area contributed by atoms with Crippen LogP contribution >= 0.6 is 7.82 Å². The highest BCUT2D eigenvalue weighted by Gasteiger charge is 2.27. The standard InChI is InChI=1S/C47H83O11P/c1-4-6-34-43(49)35-30-26-22-18-14-11-12-15-19-23-27-31-36-46(51)55-40-45(41-57-59(53,54)56-39-44(50)38-48)58-47(52)37-32-28-24-20-16-10-8-7-9-13-17-21-25-29-33-42(3)5-2/h6,11-12,18-19,22-23,26,30,34,42-45,48-50H,4-5,7-10,13-17,20-21,24-25,27-29,31-33,35-41H2,1-3H3,(H,53,54)/b12-11-,22-18-,23-19-,30-26+,34-6-/t42?,43?,44-,45+/m0/s1. The maximum Gasteiger partial charge on any atom is 0.472 e. The molecule has 0 amide bonds. The predicted molar refractivity (Wildman–Crippen MR) is 239 cm³/mol. The summed E-state index contributed by atoms with van der Waals surface area (Å²) < 4.78 is 32.7. The minimum Gasteiger partial charge on any atom is -0.462 e. The normalized spacial score (nSPS) is 15.4. The second kappa shape index (κ2) is 41.0. The lowest BCUT2D eigenvalue weighted by Gasteiger charge is -2.20. The fraction of sp³-hybridized carbons (Fsp3) is 0.745. The molecule has 0 aliphatic carbocycles. The first-order valence-corrected chi connectivity index (χ1v) is 24.2. The average molecular weight is 855 g/mol. The lowest BCUT2D eigenvalue weighted by Crippen LogP contribution is -2.29. The number of rotatable bonds is 41. The molecule has 5 atom stereocenters. The Balaban J connectivity index is 4.38. The monoisotopic (exact) mass is 855 g/mol. The Kier molecular flexibility index (Phi) is 39.4. The summed E-state index contributed by atoms with van der Waals surface area (Å²) in [5.74, 6) is -0.150. The zero-order valence-electron chi connectivity index (χ0n) is 37.0. The van der Waals surface area contributed by atoms with E-state index in [0.717, 1.165) is 44.4 Å². The maximum atomic E-state index is 12.6. The number of unbranched alkanes of at least 4 members (excludes halogenated alkanes) is 14. The molecule has 0 aliphatic rings. The molecule has 4 N–H and O–H groups in total. The van der Waals surface area contributed by atoms with E-state index in [4.69, 9.17) is 19.1 Å². The van der Waals surface area contributed by atoms with Crippen molar-refractivity contribution in [3.8, 4) is 0 Å². The van der Waals surface area contributed by atoms with Crippen molar-refractivity contribution >= 4 is 19.8 Å². The van der Waals surface area contributed by atoms with E-state index in [9.17, 15) is 29.3 Å². The molecule has 0 aromatic carbocycles. The smallest absolute Gasteiger partial charge is 0.462 e. The van der Waals surface area contributed by atoms with Crippen LogP contribution in [0.1, 0.15) is 175 Å². The van der Waals surface area contributed by atoms with E-state index >= 15 is 0 Å². The Morgan fingerprint density at radius 3 is 1.80 bits per heavy atom. The molecule has 0 fully saturated rings. The lowest BCUT2D eigenvalue weighted by atomic mass is 9.99. The molecule has 11 nitrogen and oxygen atoms in total. The van der Waals surface area contributed by atoms with Gasteiger partial charge in [0, 0.05) is 12.8 Å². The van der Waals surface area contributed by atoms with Gasteiger partial charge in [0.1, 0.15) is 12.7 Å². The van der Waals surface area contributed by atoms with Crippen molar-refractivity contribution in [1.29, 1.82) is 0 Å². The van der Waals surface area contributed by atoms with Crippen LogP contribution < -0.4 is 0 Å². The molecule has 0 radical (unpaired) electrons. The molecule has 59 heavy (non-hydrogen) atoms. The van der Waals surface area contributed by atoms with Crippen LogP contribution in [0.15, 0.2) is 60.8 Å².